The lowest BCUT2D eigenvalue weighted by molar-refractivity contribution is 0.0948. The van der Waals surface area contributed by atoms with Gasteiger partial charge in [0.05, 0.1) is 12.7 Å². The van der Waals surface area contributed by atoms with Crippen LogP contribution in [0.5, 0.6) is 5.75 Å². The van der Waals surface area contributed by atoms with Crippen LogP contribution in [0.4, 0.5) is 0 Å². The van der Waals surface area contributed by atoms with Crippen molar-refractivity contribution in [1.29, 1.82) is 0 Å². The molecule has 0 aliphatic carbocycles. The number of carbonyl (C=O) groups is 1. The topological polar surface area (TPSA) is 38.3 Å². The fraction of sp³-hybridized carbons (Fsp3) is 0.105. The van der Waals surface area contributed by atoms with Crippen molar-refractivity contribution >= 4 is 28.3 Å². The van der Waals surface area contributed by atoms with Gasteiger partial charge in [-0.05, 0) is 34.5 Å². The fourth-order valence-corrected chi connectivity index (χ4v) is 2.75. The minimum atomic E-state index is -0.211. The quantitative estimate of drug-likeness (QED) is 0.770. The van der Waals surface area contributed by atoms with E-state index in [9.17, 15) is 4.79 Å². The average molecular weight is 326 g/mol. The predicted molar refractivity (Wildman–Crippen MR) is 93.1 cm³/mol. The Labute approximate surface area is 139 Å². The molecule has 0 heterocycles. The van der Waals surface area contributed by atoms with Crippen molar-refractivity contribution in [3.8, 4) is 5.75 Å². The molecule has 0 aliphatic heterocycles. The number of nitrogens with one attached hydrogen (secondary N) is 1. The summed E-state index contributed by atoms with van der Waals surface area (Å²) in [5.74, 6) is 0.294. The third-order valence-corrected chi connectivity index (χ3v) is 3.96. The van der Waals surface area contributed by atoms with E-state index in [1.165, 1.54) is 7.11 Å². The lowest BCUT2D eigenvalue weighted by atomic mass is 10.0. The van der Waals surface area contributed by atoms with E-state index in [4.69, 9.17) is 16.3 Å². The van der Waals surface area contributed by atoms with Gasteiger partial charge in [0.1, 0.15) is 5.75 Å². The van der Waals surface area contributed by atoms with Crippen LogP contribution in [0.1, 0.15) is 15.9 Å². The predicted octanol–water partition coefficient (Wildman–Crippen LogP) is 4.43. The van der Waals surface area contributed by atoms with Crippen molar-refractivity contribution in [2.24, 2.45) is 0 Å². The maximum Gasteiger partial charge on any atom is 0.255 e. The first-order valence-corrected chi connectivity index (χ1v) is 7.65. The molecule has 3 nitrogen and oxygen atoms in total. The summed E-state index contributed by atoms with van der Waals surface area (Å²) >= 11 is 5.98. The molecule has 0 aromatic heterocycles. The van der Waals surface area contributed by atoms with Gasteiger partial charge < -0.3 is 10.1 Å². The molecule has 0 radical (unpaired) electrons. The number of benzene rings is 3. The Kier molecular flexibility index (Phi) is 4.49. The van der Waals surface area contributed by atoms with Crippen LogP contribution in [0.15, 0.2) is 60.7 Å². The Hall–Kier alpha value is -2.52. The molecule has 0 saturated heterocycles. The fourth-order valence-electron chi connectivity index (χ4n) is 2.58. The number of hydrogen-bond donors (Lipinski definition) is 1. The molecule has 4 heteroatoms. The van der Waals surface area contributed by atoms with Crippen molar-refractivity contribution in [1.82, 2.24) is 5.32 Å². The Morgan fingerprint density at radius 2 is 1.87 bits per heavy atom. The van der Waals surface area contributed by atoms with Gasteiger partial charge in [0.2, 0.25) is 0 Å². The third-order valence-electron chi connectivity index (χ3n) is 3.73. The monoisotopic (exact) mass is 325 g/mol. The second kappa shape index (κ2) is 6.71. The van der Waals surface area contributed by atoms with Crippen LogP contribution in [0.25, 0.3) is 10.8 Å². The van der Waals surface area contributed by atoms with Gasteiger partial charge in [-0.3, -0.25) is 4.79 Å². The molecule has 116 valence electrons. The number of amides is 1. The SMILES string of the molecule is COc1ccc(Cl)cc1C(=O)NCc1cccc2ccccc12. The van der Waals surface area contributed by atoms with Gasteiger partial charge in [0.25, 0.3) is 5.91 Å². The maximum atomic E-state index is 12.4. The molecule has 23 heavy (non-hydrogen) atoms. The van der Waals surface area contributed by atoms with Gasteiger partial charge in [0.15, 0.2) is 0 Å². The first kappa shape index (κ1) is 15.4. The summed E-state index contributed by atoms with van der Waals surface area (Å²) in [6.07, 6.45) is 0. The van der Waals surface area contributed by atoms with Crippen LogP contribution >= 0.6 is 11.6 Å². The van der Waals surface area contributed by atoms with Gasteiger partial charge in [-0.25, -0.2) is 0 Å². The van der Waals surface area contributed by atoms with E-state index >= 15 is 0 Å². The third kappa shape index (κ3) is 3.30. The highest BCUT2D eigenvalue weighted by Gasteiger charge is 2.13. The average Bonchev–Trinajstić information content (AvgIpc) is 2.59. The Morgan fingerprint density at radius 1 is 1.09 bits per heavy atom. The van der Waals surface area contributed by atoms with Crippen molar-refractivity contribution in [3.05, 3.63) is 76.8 Å². The number of rotatable bonds is 4. The van der Waals surface area contributed by atoms with Gasteiger partial charge in [-0.15, -0.1) is 0 Å². The van der Waals surface area contributed by atoms with Crippen LogP contribution in [0, 0.1) is 0 Å². The summed E-state index contributed by atoms with van der Waals surface area (Å²) in [6, 6.07) is 19.2. The molecule has 0 unspecified atom stereocenters. The Morgan fingerprint density at radius 3 is 2.70 bits per heavy atom. The lowest BCUT2D eigenvalue weighted by Crippen LogP contribution is -2.23. The van der Waals surface area contributed by atoms with E-state index in [1.807, 2.05) is 24.3 Å². The second-order valence-electron chi connectivity index (χ2n) is 5.17. The van der Waals surface area contributed by atoms with Crippen molar-refractivity contribution in [2.45, 2.75) is 6.54 Å². The largest absolute Gasteiger partial charge is 0.496 e. The van der Waals surface area contributed by atoms with Crippen LogP contribution < -0.4 is 10.1 Å². The summed E-state index contributed by atoms with van der Waals surface area (Å²) in [4.78, 5) is 12.4. The first-order chi connectivity index (χ1) is 11.2. The molecule has 0 spiro atoms. The van der Waals surface area contributed by atoms with Crippen LogP contribution in [-0.4, -0.2) is 13.0 Å². The molecular formula is C19H16ClNO2. The number of methoxy groups -OCH3 is 1. The first-order valence-electron chi connectivity index (χ1n) is 7.27. The highest BCUT2D eigenvalue weighted by Crippen LogP contribution is 2.23. The van der Waals surface area contributed by atoms with E-state index in [1.54, 1.807) is 18.2 Å². The van der Waals surface area contributed by atoms with E-state index < -0.39 is 0 Å². The summed E-state index contributed by atoms with van der Waals surface area (Å²) in [5.41, 5.74) is 1.50. The van der Waals surface area contributed by atoms with Gasteiger partial charge in [-0.2, -0.15) is 0 Å². The number of hydrogen-bond acceptors (Lipinski definition) is 2. The van der Waals surface area contributed by atoms with E-state index in [0.717, 1.165) is 16.3 Å². The summed E-state index contributed by atoms with van der Waals surface area (Å²) < 4.78 is 5.22. The zero-order valence-electron chi connectivity index (χ0n) is 12.7. The van der Waals surface area contributed by atoms with E-state index in [0.29, 0.717) is 22.9 Å². The molecule has 0 aliphatic rings. The zero-order chi connectivity index (χ0) is 16.2. The molecule has 3 rings (SSSR count). The zero-order valence-corrected chi connectivity index (χ0v) is 13.4. The number of halogens is 1. The van der Waals surface area contributed by atoms with Crippen LogP contribution in [0.2, 0.25) is 5.02 Å². The van der Waals surface area contributed by atoms with Crippen LogP contribution in [-0.2, 0) is 6.54 Å². The number of carbonyl (C=O) groups excluding carboxylic acids is 1. The molecule has 3 aromatic carbocycles. The maximum absolute atomic E-state index is 12.4. The molecule has 0 atom stereocenters. The molecular weight excluding hydrogens is 310 g/mol. The molecule has 0 saturated carbocycles. The highest BCUT2D eigenvalue weighted by molar-refractivity contribution is 6.31. The molecule has 1 amide bonds. The molecule has 0 bridgehead atoms. The smallest absolute Gasteiger partial charge is 0.255 e. The highest BCUT2D eigenvalue weighted by atomic mass is 35.5. The number of ether oxygens (including phenoxy) is 1. The van der Waals surface area contributed by atoms with Gasteiger partial charge in [0, 0.05) is 11.6 Å². The van der Waals surface area contributed by atoms with Crippen LogP contribution in [0.3, 0.4) is 0 Å². The van der Waals surface area contributed by atoms with E-state index in [-0.39, 0.29) is 5.91 Å². The normalized spacial score (nSPS) is 10.5. The van der Waals surface area contributed by atoms with E-state index in [2.05, 4.69) is 23.5 Å². The summed E-state index contributed by atoms with van der Waals surface area (Å²) in [6.45, 7) is 0.440. The molecule has 3 aromatic rings. The number of fused-ring (bicyclic) bond motifs is 1. The Balaban J connectivity index is 1.83. The lowest BCUT2D eigenvalue weighted by Gasteiger charge is -2.11. The van der Waals surface area contributed by atoms with Crippen molar-refractivity contribution in [3.63, 3.8) is 0 Å². The summed E-state index contributed by atoms with van der Waals surface area (Å²) in [5, 5.41) is 5.72. The standard InChI is InChI=1S/C19H16ClNO2/c1-23-18-10-9-15(20)11-17(18)19(22)21-12-14-7-4-6-13-5-2-3-8-16(13)14/h2-11H,12H2,1H3,(H,21,22). The second-order valence-corrected chi connectivity index (χ2v) is 5.60. The van der Waals surface area contributed by atoms with Crippen molar-refractivity contribution in [2.75, 3.05) is 7.11 Å². The molecule has 0 fully saturated rings. The van der Waals surface area contributed by atoms with Gasteiger partial charge in [-0.1, -0.05) is 54.1 Å². The molecule has 1 N–H and O–H groups in total. The minimum absolute atomic E-state index is 0.211. The Bertz CT molecular complexity index is 856. The van der Waals surface area contributed by atoms with Gasteiger partial charge >= 0.3 is 0 Å². The van der Waals surface area contributed by atoms with Crippen molar-refractivity contribution < 1.29 is 9.53 Å². The summed E-state index contributed by atoms with van der Waals surface area (Å²) in [7, 11) is 1.53. The minimum Gasteiger partial charge on any atom is -0.496 e.